The van der Waals surface area contributed by atoms with Gasteiger partial charge >= 0.3 is 5.97 Å². The highest BCUT2D eigenvalue weighted by atomic mass is 19.1. The van der Waals surface area contributed by atoms with Gasteiger partial charge in [-0.1, -0.05) is 66.7 Å². The van der Waals surface area contributed by atoms with Crippen LogP contribution in [0, 0.1) is 11.6 Å². The molecule has 1 amide bonds. The van der Waals surface area contributed by atoms with Crippen molar-refractivity contribution in [1.29, 1.82) is 0 Å². The zero-order valence-electron chi connectivity index (χ0n) is 15.6. The minimum atomic E-state index is -1.25. The van der Waals surface area contributed by atoms with E-state index in [2.05, 4.69) is 5.32 Å². The standard InChI is InChI=1S/C23H19F2NO3/c1-15(22(27)26-21-18(24)13-8-14-19(21)25)29-23(28)20(16-9-4-2-5-10-16)17-11-6-3-7-12-17/h2-15,20H,1H3,(H,26,27). The first-order valence-corrected chi connectivity index (χ1v) is 9.02. The number of ether oxygens (including phenoxy) is 1. The van der Waals surface area contributed by atoms with Crippen LogP contribution < -0.4 is 5.32 Å². The van der Waals surface area contributed by atoms with Crippen LogP contribution in [0.15, 0.2) is 78.9 Å². The van der Waals surface area contributed by atoms with Crippen molar-refractivity contribution in [3.05, 3.63) is 102 Å². The molecule has 148 valence electrons. The van der Waals surface area contributed by atoms with Gasteiger partial charge in [-0.15, -0.1) is 0 Å². The molecule has 1 N–H and O–H groups in total. The van der Waals surface area contributed by atoms with E-state index in [9.17, 15) is 18.4 Å². The molecule has 0 aliphatic rings. The number of rotatable bonds is 6. The monoisotopic (exact) mass is 395 g/mol. The van der Waals surface area contributed by atoms with Gasteiger partial charge in [-0.3, -0.25) is 9.59 Å². The number of halogens is 2. The fraction of sp³-hybridized carbons (Fsp3) is 0.130. The van der Waals surface area contributed by atoms with E-state index < -0.39 is 41.2 Å². The van der Waals surface area contributed by atoms with Gasteiger partial charge in [-0.25, -0.2) is 8.78 Å². The molecule has 0 radical (unpaired) electrons. The van der Waals surface area contributed by atoms with Crippen molar-refractivity contribution < 1.29 is 23.1 Å². The van der Waals surface area contributed by atoms with Gasteiger partial charge < -0.3 is 10.1 Å². The summed E-state index contributed by atoms with van der Waals surface area (Å²) in [5.74, 6) is -4.04. The summed E-state index contributed by atoms with van der Waals surface area (Å²) in [7, 11) is 0. The second kappa shape index (κ2) is 9.10. The van der Waals surface area contributed by atoms with Crippen LogP contribution in [0.3, 0.4) is 0 Å². The van der Waals surface area contributed by atoms with Crippen LogP contribution in [0.1, 0.15) is 24.0 Å². The second-order valence-corrected chi connectivity index (χ2v) is 6.42. The summed E-state index contributed by atoms with van der Waals surface area (Å²) < 4.78 is 32.8. The Balaban J connectivity index is 1.78. The first kappa shape index (κ1) is 20.2. The molecule has 3 rings (SSSR count). The Hall–Kier alpha value is -3.54. The van der Waals surface area contributed by atoms with E-state index >= 15 is 0 Å². The lowest BCUT2D eigenvalue weighted by Gasteiger charge is -2.20. The topological polar surface area (TPSA) is 55.4 Å². The molecule has 1 atom stereocenters. The third kappa shape index (κ3) is 4.85. The number of hydrogen-bond acceptors (Lipinski definition) is 3. The lowest BCUT2D eigenvalue weighted by molar-refractivity contribution is -0.153. The van der Waals surface area contributed by atoms with Crippen LogP contribution in [-0.4, -0.2) is 18.0 Å². The molecule has 0 bridgehead atoms. The van der Waals surface area contributed by atoms with E-state index in [4.69, 9.17) is 4.74 Å². The van der Waals surface area contributed by atoms with Gasteiger partial charge in [0.15, 0.2) is 6.10 Å². The van der Waals surface area contributed by atoms with E-state index in [1.165, 1.54) is 13.0 Å². The number of carbonyl (C=O) groups is 2. The summed E-state index contributed by atoms with van der Waals surface area (Å²) >= 11 is 0. The molecule has 0 aromatic heterocycles. The van der Waals surface area contributed by atoms with Crippen LogP contribution in [0.25, 0.3) is 0 Å². The second-order valence-electron chi connectivity index (χ2n) is 6.42. The largest absolute Gasteiger partial charge is 0.452 e. The van der Waals surface area contributed by atoms with Crippen molar-refractivity contribution in [2.45, 2.75) is 18.9 Å². The molecule has 4 nitrogen and oxygen atoms in total. The fourth-order valence-corrected chi connectivity index (χ4v) is 2.89. The average molecular weight is 395 g/mol. The highest BCUT2D eigenvalue weighted by molar-refractivity contribution is 5.96. The van der Waals surface area contributed by atoms with E-state index in [0.717, 1.165) is 12.1 Å². The zero-order valence-corrected chi connectivity index (χ0v) is 15.6. The summed E-state index contributed by atoms with van der Waals surface area (Å²) in [5.41, 5.74) is 0.830. The Morgan fingerprint density at radius 1 is 0.793 bits per heavy atom. The smallest absolute Gasteiger partial charge is 0.318 e. The van der Waals surface area contributed by atoms with Gasteiger partial charge in [-0.2, -0.15) is 0 Å². The molecule has 0 spiro atoms. The van der Waals surface area contributed by atoms with Gasteiger partial charge in [0.1, 0.15) is 23.2 Å². The molecule has 0 fully saturated rings. The highest BCUT2D eigenvalue weighted by Crippen LogP contribution is 2.27. The molecule has 0 heterocycles. The van der Waals surface area contributed by atoms with E-state index in [-0.39, 0.29) is 0 Å². The molecule has 3 aromatic carbocycles. The average Bonchev–Trinajstić information content (AvgIpc) is 2.72. The molecule has 0 aliphatic heterocycles. The molecule has 29 heavy (non-hydrogen) atoms. The summed E-state index contributed by atoms with van der Waals surface area (Å²) in [6.07, 6.45) is -1.25. The summed E-state index contributed by atoms with van der Waals surface area (Å²) in [6, 6.07) is 21.3. The first-order chi connectivity index (χ1) is 14.0. The molecule has 6 heteroatoms. The third-order valence-corrected chi connectivity index (χ3v) is 4.37. The van der Waals surface area contributed by atoms with Gasteiger partial charge in [0, 0.05) is 0 Å². The normalized spacial score (nSPS) is 11.7. The Morgan fingerprint density at radius 2 is 1.28 bits per heavy atom. The van der Waals surface area contributed by atoms with Crippen molar-refractivity contribution in [1.82, 2.24) is 0 Å². The highest BCUT2D eigenvalue weighted by Gasteiger charge is 2.28. The van der Waals surface area contributed by atoms with Crippen LogP contribution in [0.5, 0.6) is 0 Å². The third-order valence-electron chi connectivity index (χ3n) is 4.37. The fourth-order valence-electron chi connectivity index (χ4n) is 2.89. The maximum atomic E-state index is 13.7. The van der Waals surface area contributed by atoms with Crippen molar-refractivity contribution in [2.75, 3.05) is 5.32 Å². The van der Waals surface area contributed by atoms with Gasteiger partial charge in [0.2, 0.25) is 0 Å². The van der Waals surface area contributed by atoms with Crippen molar-refractivity contribution in [2.24, 2.45) is 0 Å². The minimum Gasteiger partial charge on any atom is -0.452 e. The Bertz CT molecular complexity index is 934. The van der Waals surface area contributed by atoms with E-state index in [1.807, 2.05) is 12.1 Å². The predicted octanol–water partition coefficient (Wildman–Crippen LogP) is 4.67. The number of benzene rings is 3. The first-order valence-electron chi connectivity index (χ1n) is 9.02. The molecule has 1 unspecified atom stereocenters. The SMILES string of the molecule is CC(OC(=O)C(c1ccccc1)c1ccccc1)C(=O)Nc1c(F)cccc1F. The number of anilines is 1. The van der Waals surface area contributed by atoms with Crippen molar-refractivity contribution >= 4 is 17.6 Å². The summed E-state index contributed by atoms with van der Waals surface area (Å²) in [6.45, 7) is 1.35. The quantitative estimate of drug-likeness (QED) is 0.618. The van der Waals surface area contributed by atoms with Crippen LogP contribution in [0.4, 0.5) is 14.5 Å². The molecule has 3 aromatic rings. The molecular formula is C23H19F2NO3. The number of hydrogen-bond donors (Lipinski definition) is 1. The number of para-hydroxylation sites is 1. The number of carbonyl (C=O) groups excluding carboxylic acids is 2. The Kier molecular flexibility index (Phi) is 6.34. The molecule has 0 aliphatic carbocycles. The van der Waals surface area contributed by atoms with E-state index in [0.29, 0.717) is 11.1 Å². The molecular weight excluding hydrogens is 376 g/mol. The van der Waals surface area contributed by atoms with Crippen LogP contribution in [0.2, 0.25) is 0 Å². The molecule has 0 saturated carbocycles. The maximum Gasteiger partial charge on any atom is 0.318 e. The van der Waals surface area contributed by atoms with Crippen molar-refractivity contribution in [3.63, 3.8) is 0 Å². The zero-order chi connectivity index (χ0) is 20.8. The predicted molar refractivity (Wildman–Crippen MR) is 105 cm³/mol. The Labute approximate surface area is 167 Å². The molecule has 0 saturated heterocycles. The van der Waals surface area contributed by atoms with Gasteiger partial charge in [0.25, 0.3) is 5.91 Å². The summed E-state index contributed by atoms with van der Waals surface area (Å²) in [5, 5.41) is 2.14. The van der Waals surface area contributed by atoms with Gasteiger partial charge in [-0.05, 0) is 30.2 Å². The number of nitrogens with one attached hydrogen (secondary N) is 1. The summed E-state index contributed by atoms with van der Waals surface area (Å²) in [4.78, 5) is 25.2. The lowest BCUT2D eigenvalue weighted by Crippen LogP contribution is -2.32. The van der Waals surface area contributed by atoms with Gasteiger partial charge in [0.05, 0.1) is 0 Å². The number of amides is 1. The van der Waals surface area contributed by atoms with Crippen LogP contribution in [-0.2, 0) is 14.3 Å². The minimum absolute atomic E-state index is 0.580. The van der Waals surface area contributed by atoms with Crippen LogP contribution >= 0.6 is 0 Å². The maximum absolute atomic E-state index is 13.7. The van der Waals surface area contributed by atoms with E-state index in [1.54, 1.807) is 48.5 Å². The van der Waals surface area contributed by atoms with Crippen molar-refractivity contribution in [3.8, 4) is 0 Å². The number of esters is 1. The Morgan fingerprint density at radius 3 is 1.76 bits per heavy atom. The lowest BCUT2D eigenvalue weighted by atomic mass is 9.91.